The Bertz CT molecular complexity index is 738. The summed E-state index contributed by atoms with van der Waals surface area (Å²) in [5, 5.41) is -0.233. The van der Waals surface area contributed by atoms with E-state index < -0.39 is 0 Å². The molecule has 0 spiro atoms. The first-order chi connectivity index (χ1) is 11.2. The van der Waals surface area contributed by atoms with Crippen LogP contribution in [0.4, 0.5) is 0 Å². The summed E-state index contributed by atoms with van der Waals surface area (Å²) in [5.74, 6) is 0.563. The number of benzene rings is 2. The van der Waals surface area contributed by atoms with Crippen molar-refractivity contribution in [3.8, 4) is 11.1 Å². The number of hydrogen-bond donors (Lipinski definition) is 0. The third-order valence-electron chi connectivity index (χ3n) is 3.53. The van der Waals surface area contributed by atoms with E-state index >= 15 is 0 Å². The molecule has 0 bridgehead atoms. The topological polar surface area (TPSA) is 38.7 Å². The summed E-state index contributed by atoms with van der Waals surface area (Å²) in [6.07, 6.45) is 1.42. The Morgan fingerprint density at radius 2 is 1.70 bits per heavy atom. The fraction of sp³-hybridized carbons (Fsp3) is 0.158. The summed E-state index contributed by atoms with van der Waals surface area (Å²) in [5.41, 5.74) is 3.22. The highest BCUT2D eigenvalue weighted by Crippen LogP contribution is 2.28. The first-order valence-corrected chi connectivity index (χ1v) is 8.25. The Kier molecular flexibility index (Phi) is 4.63. The molecule has 0 radical (unpaired) electrons. The van der Waals surface area contributed by atoms with Gasteiger partial charge >= 0.3 is 0 Å². The predicted molar refractivity (Wildman–Crippen MR) is 95.5 cm³/mol. The molecule has 2 aromatic carbocycles. The minimum Gasteiger partial charge on any atom is -0.467 e. The minimum absolute atomic E-state index is 0.0230. The quantitative estimate of drug-likeness (QED) is 0.788. The van der Waals surface area contributed by atoms with Crippen LogP contribution in [-0.2, 0) is 9.53 Å². The van der Waals surface area contributed by atoms with Crippen molar-refractivity contribution in [2.75, 3.05) is 0 Å². The maximum Gasteiger partial charge on any atom is 0.218 e. The SMILES string of the molecule is C=C[C@@H]1OC(c2ccc(-c3ccccc3)cc2)=N[C@H]1SC(C)=O. The van der Waals surface area contributed by atoms with Crippen LogP contribution >= 0.6 is 11.8 Å². The number of nitrogens with zero attached hydrogens (tertiary/aromatic N) is 1. The van der Waals surface area contributed by atoms with E-state index in [1.54, 1.807) is 6.08 Å². The zero-order chi connectivity index (χ0) is 16.2. The van der Waals surface area contributed by atoms with Crippen LogP contribution in [0.15, 0.2) is 72.2 Å². The van der Waals surface area contributed by atoms with Crippen molar-refractivity contribution in [3.63, 3.8) is 0 Å². The van der Waals surface area contributed by atoms with Gasteiger partial charge < -0.3 is 4.74 Å². The van der Waals surface area contributed by atoms with E-state index in [-0.39, 0.29) is 16.6 Å². The summed E-state index contributed by atoms with van der Waals surface area (Å²) >= 11 is 1.17. The molecule has 0 N–H and O–H groups in total. The summed E-state index contributed by atoms with van der Waals surface area (Å²) in [4.78, 5) is 15.8. The number of thioether (sulfide) groups is 1. The Labute approximate surface area is 140 Å². The average molecular weight is 323 g/mol. The molecule has 0 aliphatic carbocycles. The van der Waals surface area contributed by atoms with Gasteiger partial charge in [0.2, 0.25) is 5.90 Å². The number of carbonyl (C=O) groups excluding carboxylic acids is 1. The molecule has 116 valence electrons. The van der Waals surface area contributed by atoms with Crippen molar-refractivity contribution >= 4 is 22.8 Å². The standard InChI is InChI=1S/C19H17NO2S/c1-3-17-19(23-13(2)21)20-18(22-17)16-11-9-15(10-12-16)14-7-5-4-6-8-14/h3-12,17,19H,1H2,2H3/t17-,19-/m0/s1. The average Bonchev–Trinajstić information content (AvgIpc) is 2.98. The Morgan fingerprint density at radius 3 is 2.30 bits per heavy atom. The molecule has 2 aromatic rings. The molecule has 0 unspecified atom stereocenters. The lowest BCUT2D eigenvalue weighted by Gasteiger charge is -2.11. The van der Waals surface area contributed by atoms with Crippen LogP contribution < -0.4 is 0 Å². The van der Waals surface area contributed by atoms with E-state index in [0.29, 0.717) is 5.90 Å². The van der Waals surface area contributed by atoms with Crippen molar-refractivity contribution in [1.82, 2.24) is 0 Å². The fourth-order valence-corrected chi connectivity index (χ4v) is 3.20. The van der Waals surface area contributed by atoms with Crippen LogP contribution in [0.25, 0.3) is 11.1 Å². The van der Waals surface area contributed by atoms with Crippen molar-refractivity contribution in [1.29, 1.82) is 0 Å². The molecule has 4 heteroatoms. The van der Waals surface area contributed by atoms with Gasteiger partial charge in [0.15, 0.2) is 11.2 Å². The summed E-state index contributed by atoms with van der Waals surface area (Å²) in [6.45, 7) is 5.29. The van der Waals surface area contributed by atoms with E-state index in [4.69, 9.17) is 4.74 Å². The molecule has 0 fully saturated rings. The van der Waals surface area contributed by atoms with E-state index in [0.717, 1.165) is 11.1 Å². The fourth-order valence-electron chi connectivity index (χ4n) is 2.41. The molecule has 0 aromatic heterocycles. The zero-order valence-corrected chi connectivity index (χ0v) is 13.6. The normalized spacial score (nSPS) is 19.8. The van der Waals surface area contributed by atoms with E-state index in [1.165, 1.54) is 24.2 Å². The third kappa shape index (κ3) is 3.54. The Balaban J connectivity index is 1.82. The predicted octanol–water partition coefficient (Wildman–Crippen LogP) is 4.29. The van der Waals surface area contributed by atoms with Crippen LogP contribution in [0.2, 0.25) is 0 Å². The molecule has 0 saturated heterocycles. The second-order valence-corrected chi connectivity index (χ2v) is 6.49. The molecular weight excluding hydrogens is 306 g/mol. The first kappa shape index (κ1) is 15.6. The minimum atomic E-state index is -0.271. The van der Waals surface area contributed by atoms with E-state index in [2.05, 4.69) is 23.7 Å². The van der Waals surface area contributed by atoms with Crippen molar-refractivity contribution in [2.24, 2.45) is 4.99 Å². The second-order valence-electron chi connectivity index (χ2n) is 5.20. The number of hydrogen-bond acceptors (Lipinski definition) is 4. The number of ether oxygens (including phenoxy) is 1. The summed E-state index contributed by atoms with van der Waals surface area (Å²) in [6, 6.07) is 18.3. The Hall–Kier alpha value is -2.33. The lowest BCUT2D eigenvalue weighted by atomic mass is 10.0. The molecule has 1 aliphatic heterocycles. The highest BCUT2D eigenvalue weighted by atomic mass is 32.2. The molecule has 23 heavy (non-hydrogen) atoms. The molecule has 2 atom stereocenters. The monoisotopic (exact) mass is 323 g/mol. The highest BCUT2D eigenvalue weighted by Gasteiger charge is 2.30. The lowest BCUT2D eigenvalue weighted by Crippen LogP contribution is -2.17. The van der Waals surface area contributed by atoms with Crippen LogP contribution in [0.1, 0.15) is 12.5 Å². The van der Waals surface area contributed by atoms with Crippen LogP contribution in [-0.4, -0.2) is 22.5 Å². The molecule has 1 heterocycles. The lowest BCUT2D eigenvalue weighted by molar-refractivity contribution is -0.109. The maximum absolute atomic E-state index is 11.3. The zero-order valence-electron chi connectivity index (χ0n) is 12.8. The molecule has 0 saturated carbocycles. The van der Waals surface area contributed by atoms with Gasteiger partial charge in [0, 0.05) is 12.5 Å². The summed E-state index contributed by atoms with van der Waals surface area (Å²) < 4.78 is 5.81. The molecule has 1 aliphatic rings. The molecule has 3 nitrogen and oxygen atoms in total. The van der Waals surface area contributed by atoms with Gasteiger partial charge in [-0.25, -0.2) is 4.99 Å². The van der Waals surface area contributed by atoms with Gasteiger partial charge in [-0.2, -0.15) is 0 Å². The highest BCUT2D eigenvalue weighted by molar-refractivity contribution is 8.14. The molecule has 0 amide bonds. The number of carbonyl (C=O) groups is 1. The summed E-state index contributed by atoms with van der Waals surface area (Å²) in [7, 11) is 0. The number of rotatable bonds is 4. The maximum atomic E-state index is 11.3. The number of aliphatic imine (C=N–C) groups is 1. The third-order valence-corrected chi connectivity index (χ3v) is 4.48. The van der Waals surface area contributed by atoms with E-state index in [1.807, 2.05) is 42.5 Å². The van der Waals surface area contributed by atoms with Gasteiger partial charge in [0.05, 0.1) is 0 Å². The van der Waals surface area contributed by atoms with Gasteiger partial charge in [0.25, 0.3) is 0 Å². The molecular formula is C19H17NO2S. The van der Waals surface area contributed by atoms with Gasteiger partial charge in [-0.15, -0.1) is 0 Å². The second kappa shape index (κ2) is 6.84. The Morgan fingerprint density at radius 1 is 1.09 bits per heavy atom. The van der Waals surface area contributed by atoms with Gasteiger partial charge in [0.1, 0.15) is 5.37 Å². The van der Waals surface area contributed by atoms with Crippen LogP contribution in [0.3, 0.4) is 0 Å². The van der Waals surface area contributed by atoms with Crippen LogP contribution in [0.5, 0.6) is 0 Å². The van der Waals surface area contributed by atoms with Gasteiger partial charge in [-0.05, 0) is 29.3 Å². The molecule has 3 rings (SSSR count). The van der Waals surface area contributed by atoms with Crippen molar-refractivity contribution in [2.45, 2.75) is 18.4 Å². The van der Waals surface area contributed by atoms with Crippen molar-refractivity contribution in [3.05, 3.63) is 72.8 Å². The van der Waals surface area contributed by atoms with Crippen LogP contribution in [0, 0.1) is 0 Å². The van der Waals surface area contributed by atoms with Crippen molar-refractivity contribution < 1.29 is 9.53 Å². The largest absolute Gasteiger partial charge is 0.467 e. The smallest absolute Gasteiger partial charge is 0.218 e. The first-order valence-electron chi connectivity index (χ1n) is 7.37. The van der Waals surface area contributed by atoms with E-state index in [9.17, 15) is 4.79 Å². The van der Waals surface area contributed by atoms with Gasteiger partial charge in [-0.3, -0.25) is 4.79 Å². The van der Waals surface area contributed by atoms with Gasteiger partial charge in [-0.1, -0.05) is 60.8 Å².